The maximum Gasteiger partial charge on any atom is 0.472 e. The second-order valence-electron chi connectivity index (χ2n) is 20.0. The summed E-state index contributed by atoms with van der Waals surface area (Å²) in [6, 6.07) is -0.762. The molecule has 3 atom stereocenters. The summed E-state index contributed by atoms with van der Waals surface area (Å²) < 4.78 is 23.8. The first-order chi connectivity index (χ1) is 30.5. The number of likely N-dealkylation sites (N-methyl/N-ethyl adjacent to an activating group) is 1. The fourth-order valence-corrected chi connectivity index (χ4v) is 8.87. The summed E-state index contributed by atoms with van der Waals surface area (Å²) in [5.41, 5.74) is 0. The van der Waals surface area contributed by atoms with E-state index in [0.29, 0.717) is 23.9 Å². The molecule has 0 aliphatic rings. The van der Waals surface area contributed by atoms with E-state index in [0.717, 1.165) is 44.9 Å². The van der Waals surface area contributed by atoms with Crippen LogP contribution in [0.3, 0.4) is 0 Å². The molecule has 0 aromatic heterocycles. The van der Waals surface area contributed by atoms with E-state index >= 15 is 0 Å². The molecule has 0 radical (unpaired) electrons. The first-order valence-electron chi connectivity index (χ1n) is 27.2. The fraction of sp³-hybridized carbons (Fsp3) is 0.907. The summed E-state index contributed by atoms with van der Waals surface area (Å²) in [6.45, 7) is 4.89. The lowest BCUT2D eigenvalue weighted by atomic mass is 10.0. The largest absolute Gasteiger partial charge is 0.472 e. The zero-order valence-corrected chi connectivity index (χ0v) is 43.5. The predicted molar refractivity (Wildman–Crippen MR) is 272 cm³/mol. The molecule has 3 N–H and O–H groups in total. The van der Waals surface area contributed by atoms with Gasteiger partial charge in [0.15, 0.2) is 0 Å². The molecule has 1 amide bonds. The van der Waals surface area contributed by atoms with Crippen molar-refractivity contribution in [1.82, 2.24) is 5.32 Å². The van der Waals surface area contributed by atoms with Crippen LogP contribution in [0.2, 0.25) is 0 Å². The Hall–Kier alpha value is -1.02. The average molecular weight is 912 g/mol. The summed E-state index contributed by atoms with van der Waals surface area (Å²) in [7, 11) is 1.62. The number of hydrogen-bond acceptors (Lipinski definition) is 5. The summed E-state index contributed by atoms with van der Waals surface area (Å²) >= 11 is 0. The molecule has 0 heterocycles. The van der Waals surface area contributed by atoms with Crippen LogP contribution >= 0.6 is 7.82 Å². The van der Waals surface area contributed by atoms with Gasteiger partial charge in [0.05, 0.1) is 39.9 Å². The molecule has 0 aliphatic heterocycles. The molecule has 0 aromatic carbocycles. The van der Waals surface area contributed by atoms with E-state index in [-0.39, 0.29) is 19.1 Å². The summed E-state index contributed by atoms with van der Waals surface area (Å²) in [5, 5.41) is 14.1. The number of quaternary nitrogens is 1. The van der Waals surface area contributed by atoms with E-state index in [1.165, 1.54) is 193 Å². The molecule has 3 unspecified atom stereocenters. The Labute approximate surface area is 392 Å². The molecule has 63 heavy (non-hydrogen) atoms. The van der Waals surface area contributed by atoms with Crippen LogP contribution in [-0.2, 0) is 18.4 Å². The second kappa shape index (κ2) is 46.1. The molecule has 0 fully saturated rings. The van der Waals surface area contributed by atoms with Crippen LogP contribution in [0, 0.1) is 0 Å². The van der Waals surface area contributed by atoms with E-state index < -0.39 is 20.0 Å². The van der Waals surface area contributed by atoms with Gasteiger partial charge in [-0.3, -0.25) is 13.8 Å². The van der Waals surface area contributed by atoms with Crippen LogP contribution in [0.5, 0.6) is 0 Å². The Morgan fingerprint density at radius 1 is 0.540 bits per heavy atom. The first kappa shape index (κ1) is 62.0. The van der Waals surface area contributed by atoms with Gasteiger partial charge in [0.1, 0.15) is 13.2 Å². The maximum atomic E-state index is 13.0. The van der Waals surface area contributed by atoms with Gasteiger partial charge in [-0.15, -0.1) is 0 Å². The van der Waals surface area contributed by atoms with E-state index in [4.69, 9.17) is 9.05 Å². The number of amides is 1. The van der Waals surface area contributed by atoms with Crippen molar-refractivity contribution < 1.29 is 32.9 Å². The van der Waals surface area contributed by atoms with Gasteiger partial charge in [-0.2, -0.15) is 0 Å². The average Bonchev–Trinajstić information content (AvgIpc) is 3.24. The van der Waals surface area contributed by atoms with Gasteiger partial charge >= 0.3 is 7.82 Å². The number of allylic oxidation sites excluding steroid dienone is 4. The van der Waals surface area contributed by atoms with Crippen LogP contribution in [-0.4, -0.2) is 73.4 Å². The Kier molecular flexibility index (Phi) is 45.4. The van der Waals surface area contributed by atoms with Crippen LogP contribution in [0.25, 0.3) is 0 Å². The number of unbranched alkanes of at least 4 members (excludes halogenated alkanes) is 33. The van der Waals surface area contributed by atoms with Crippen LogP contribution in [0.15, 0.2) is 24.3 Å². The Morgan fingerprint density at radius 2 is 0.905 bits per heavy atom. The maximum absolute atomic E-state index is 13.0. The topological polar surface area (TPSA) is 105 Å². The van der Waals surface area contributed by atoms with Crippen LogP contribution in [0.1, 0.15) is 264 Å². The monoisotopic (exact) mass is 912 g/mol. The molecule has 0 bridgehead atoms. The number of phosphoric ester groups is 1. The van der Waals surface area contributed by atoms with Gasteiger partial charge in [-0.25, -0.2) is 4.57 Å². The molecule has 0 spiro atoms. The third kappa shape index (κ3) is 48.7. The summed E-state index contributed by atoms with van der Waals surface area (Å²) in [5.74, 6) is -0.146. The lowest BCUT2D eigenvalue weighted by Gasteiger charge is -2.26. The van der Waals surface area contributed by atoms with Crippen molar-refractivity contribution in [3.63, 3.8) is 0 Å². The predicted octanol–water partition coefficient (Wildman–Crippen LogP) is 16.0. The molecule has 374 valence electrons. The van der Waals surface area contributed by atoms with E-state index in [2.05, 4.69) is 43.5 Å². The third-order valence-corrected chi connectivity index (χ3v) is 13.4. The number of aliphatic hydroxyl groups excluding tert-OH is 1. The minimum Gasteiger partial charge on any atom is -0.391 e. The minimum atomic E-state index is -4.32. The quantitative estimate of drug-likeness (QED) is 0.0243. The highest BCUT2D eigenvalue weighted by molar-refractivity contribution is 7.47. The molecule has 0 aliphatic carbocycles. The standard InChI is InChI=1S/C54H107N2O6P/c1-6-8-10-12-14-16-18-20-22-24-26-27-28-30-31-33-35-37-39-41-43-45-47-53(57)52(51-62-63(59,60)61-50-49-56(3,4)5)55-54(58)48-46-44-42-40-38-36-34-32-29-25-23-21-19-17-15-13-11-9-7-2/h15,17,21,23,52-53,57H,6-14,16,18-20,22,24-51H2,1-5H3,(H-,55,58,59,60)/p+1/b17-15-,23-21-. The van der Waals surface area contributed by atoms with Crippen LogP contribution in [0.4, 0.5) is 0 Å². The molecule has 0 rings (SSSR count). The first-order valence-corrected chi connectivity index (χ1v) is 28.7. The number of carbonyl (C=O) groups excluding carboxylic acids is 1. The molecule has 0 saturated carbocycles. The summed E-state index contributed by atoms with van der Waals surface area (Å²) in [6.07, 6.45) is 56.4. The number of nitrogens with one attached hydrogen (secondary N) is 1. The Balaban J connectivity index is 4.21. The van der Waals surface area contributed by atoms with Crippen molar-refractivity contribution >= 4 is 13.7 Å². The van der Waals surface area contributed by atoms with Crippen molar-refractivity contribution in [2.45, 2.75) is 276 Å². The van der Waals surface area contributed by atoms with Crippen molar-refractivity contribution in [3.05, 3.63) is 24.3 Å². The SMILES string of the molecule is CCCCC/C=C\C/C=C\CCCCCCCCCCCC(=O)NC(COP(=O)(O)OCC[N+](C)(C)C)C(O)CCCCCCCCCCCCCCCCCCCCCCCC. The number of rotatable bonds is 50. The van der Waals surface area contributed by atoms with Crippen molar-refractivity contribution in [2.75, 3.05) is 40.9 Å². The molecular weight excluding hydrogens is 804 g/mol. The zero-order valence-electron chi connectivity index (χ0n) is 42.6. The lowest BCUT2D eigenvalue weighted by Crippen LogP contribution is -2.46. The minimum absolute atomic E-state index is 0.0749. The number of carbonyl (C=O) groups is 1. The van der Waals surface area contributed by atoms with Gasteiger partial charge in [-0.05, 0) is 44.9 Å². The van der Waals surface area contributed by atoms with Gasteiger partial charge < -0.3 is 19.8 Å². The lowest BCUT2D eigenvalue weighted by molar-refractivity contribution is -0.870. The highest BCUT2D eigenvalue weighted by Gasteiger charge is 2.28. The smallest absolute Gasteiger partial charge is 0.391 e. The van der Waals surface area contributed by atoms with E-state index in [9.17, 15) is 19.4 Å². The highest BCUT2D eigenvalue weighted by atomic mass is 31.2. The number of aliphatic hydroxyl groups is 1. The fourth-order valence-electron chi connectivity index (χ4n) is 8.14. The Morgan fingerprint density at radius 3 is 1.33 bits per heavy atom. The summed E-state index contributed by atoms with van der Waals surface area (Å²) in [4.78, 5) is 23.3. The number of hydrogen-bond donors (Lipinski definition) is 3. The molecule has 8 nitrogen and oxygen atoms in total. The second-order valence-corrected chi connectivity index (χ2v) is 21.4. The third-order valence-electron chi connectivity index (χ3n) is 12.5. The van der Waals surface area contributed by atoms with E-state index in [1.54, 1.807) is 0 Å². The normalized spacial score (nSPS) is 14.2. The van der Waals surface area contributed by atoms with Gasteiger partial charge in [0.2, 0.25) is 5.91 Å². The van der Waals surface area contributed by atoms with Crippen LogP contribution < -0.4 is 5.32 Å². The van der Waals surface area contributed by atoms with E-state index in [1.807, 2.05) is 21.1 Å². The molecule has 0 aromatic rings. The van der Waals surface area contributed by atoms with Crippen molar-refractivity contribution in [2.24, 2.45) is 0 Å². The van der Waals surface area contributed by atoms with Gasteiger partial charge in [0.25, 0.3) is 0 Å². The molecule has 0 saturated heterocycles. The van der Waals surface area contributed by atoms with Gasteiger partial charge in [0, 0.05) is 6.42 Å². The van der Waals surface area contributed by atoms with Crippen molar-refractivity contribution in [1.29, 1.82) is 0 Å². The van der Waals surface area contributed by atoms with Crippen molar-refractivity contribution in [3.8, 4) is 0 Å². The number of nitrogens with zero attached hydrogens (tertiary/aromatic N) is 1. The van der Waals surface area contributed by atoms with Gasteiger partial charge in [-0.1, -0.05) is 237 Å². The highest BCUT2D eigenvalue weighted by Crippen LogP contribution is 2.43. The molecular formula is C54H108N2O6P+. The molecule has 9 heteroatoms. The Bertz CT molecular complexity index is 1080. The number of phosphoric acid groups is 1. The zero-order chi connectivity index (χ0) is 46.4.